The molecule has 1 fully saturated rings. The van der Waals surface area contributed by atoms with E-state index in [1.54, 1.807) is 4.57 Å². The number of hydrogen-bond donors (Lipinski definition) is 2. The summed E-state index contributed by atoms with van der Waals surface area (Å²) in [5.74, 6) is -0.328. The van der Waals surface area contributed by atoms with Crippen LogP contribution < -0.4 is 10.6 Å². The molecule has 2 N–H and O–H groups in total. The molecule has 1 saturated heterocycles. The van der Waals surface area contributed by atoms with Crippen LogP contribution in [-0.2, 0) is 4.74 Å². The lowest BCUT2D eigenvalue weighted by Gasteiger charge is -2.23. The van der Waals surface area contributed by atoms with E-state index >= 15 is 0 Å². The molecule has 1 unspecified atom stereocenters. The van der Waals surface area contributed by atoms with E-state index in [1.165, 1.54) is 12.3 Å². The van der Waals surface area contributed by atoms with E-state index in [4.69, 9.17) is 4.74 Å². The molecule has 0 bridgehead atoms. The molecule has 21 heavy (non-hydrogen) atoms. The van der Waals surface area contributed by atoms with E-state index in [0.29, 0.717) is 25.4 Å². The molecule has 1 aromatic heterocycles. The van der Waals surface area contributed by atoms with Crippen molar-refractivity contribution in [3.05, 3.63) is 28.1 Å². The molecule has 1 amide bonds. The van der Waals surface area contributed by atoms with Gasteiger partial charge in [-0.05, 0) is 13.8 Å². The van der Waals surface area contributed by atoms with Gasteiger partial charge in [0.1, 0.15) is 5.69 Å². The highest BCUT2D eigenvalue weighted by atomic mass is 16.6. The Morgan fingerprint density at radius 3 is 3.00 bits per heavy atom. The Hall–Kier alpha value is -1.93. The standard InChI is InChI=1S/C13H20N4O4/c1-9(2)16-8-10(17(19)20)5-12(16)13(18)15-7-11-6-14-3-4-21-11/h5,8-9,11,14H,3-4,6-7H2,1-2H3,(H,15,18). The average Bonchev–Trinajstić information content (AvgIpc) is 2.91. The maximum atomic E-state index is 12.2. The molecule has 2 heterocycles. The Balaban J connectivity index is 2.05. The zero-order chi connectivity index (χ0) is 15.4. The van der Waals surface area contributed by atoms with Crippen LogP contribution in [0.4, 0.5) is 5.69 Å². The second-order valence-electron chi connectivity index (χ2n) is 5.25. The van der Waals surface area contributed by atoms with E-state index in [0.717, 1.165) is 6.54 Å². The van der Waals surface area contributed by atoms with E-state index in [-0.39, 0.29) is 23.7 Å². The maximum Gasteiger partial charge on any atom is 0.287 e. The van der Waals surface area contributed by atoms with Crippen LogP contribution >= 0.6 is 0 Å². The van der Waals surface area contributed by atoms with Gasteiger partial charge in [-0.25, -0.2) is 0 Å². The van der Waals surface area contributed by atoms with E-state index in [1.807, 2.05) is 13.8 Å². The van der Waals surface area contributed by atoms with Gasteiger partial charge in [-0.15, -0.1) is 0 Å². The van der Waals surface area contributed by atoms with E-state index < -0.39 is 4.92 Å². The number of morpholine rings is 1. The maximum absolute atomic E-state index is 12.2. The summed E-state index contributed by atoms with van der Waals surface area (Å²) in [6.07, 6.45) is 1.32. The van der Waals surface area contributed by atoms with E-state index in [9.17, 15) is 14.9 Å². The lowest BCUT2D eigenvalue weighted by molar-refractivity contribution is -0.384. The van der Waals surface area contributed by atoms with Crippen LogP contribution in [0, 0.1) is 10.1 Å². The minimum atomic E-state index is -0.496. The fourth-order valence-electron chi connectivity index (χ4n) is 2.22. The van der Waals surface area contributed by atoms with Crippen LogP contribution in [0.1, 0.15) is 30.4 Å². The molecular formula is C13H20N4O4. The molecule has 8 heteroatoms. The number of nitrogens with one attached hydrogen (secondary N) is 2. The van der Waals surface area contributed by atoms with Crippen LogP contribution in [-0.4, -0.2) is 47.7 Å². The fraction of sp³-hybridized carbons (Fsp3) is 0.615. The molecule has 116 valence electrons. The lowest BCUT2D eigenvalue weighted by Crippen LogP contribution is -2.45. The number of carbonyl (C=O) groups excluding carboxylic acids is 1. The first-order valence-corrected chi connectivity index (χ1v) is 6.96. The molecule has 0 radical (unpaired) electrons. The van der Waals surface area contributed by atoms with Gasteiger partial charge in [0.2, 0.25) is 0 Å². The van der Waals surface area contributed by atoms with Crippen LogP contribution in [0.5, 0.6) is 0 Å². The molecule has 0 aliphatic carbocycles. The summed E-state index contributed by atoms with van der Waals surface area (Å²) >= 11 is 0. The summed E-state index contributed by atoms with van der Waals surface area (Å²) in [5.41, 5.74) is 0.213. The average molecular weight is 296 g/mol. The van der Waals surface area contributed by atoms with Crippen molar-refractivity contribution in [3.63, 3.8) is 0 Å². The quantitative estimate of drug-likeness (QED) is 0.615. The molecule has 2 rings (SSSR count). The zero-order valence-corrected chi connectivity index (χ0v) is 12.2. The first-order chi connectivity index (χ1) is 9.99. The number of hydrogen-bond acceptors (Lipinski definition) is 5. The third-order valence-corrected chi connectivity index (χ3v) is 3.33. The Kier molecular flexibility index (Phi) is 4.92. The van der Waals surface area contributed by atoms with Gasteiger partial charge in [0.15, 0.2) is 0 Å². The summed E-state index contributed by atoms with van der Waals surface area (Å²) in [6.45, 7) is 6.24. The number of nitrogens with zero attached hydrogens (tertiary/aromatic N) is 2. The fourth-order valence-corrected chi connectivity index (χ4v) is 2.22. The Bertz CT molecular complexity index is 520. The molecule has 0 aromatic carbocycles. The van der Waals surface area contributed by atoms with Gasteiger partial charge in [0.25, 0.3) is 11.6 Å². The smallest absolute Gasteiger partial charge is 0.287 e. The summed E-state index contributed by atoms with van der Waals surface area (Å²) < 4.78 is 7.10. The van der Waals surface area contributed by atoms with Crippen molar-refractivity contribution in [2.45, 2.75) is 26.0 Å². The Morgan fingerprint density at radius 2 is 2.43 bits per heavy atom. The largest absolute Gasteiger partial charge is 0.374 e. The van der Waals surface area contributed by atoms with Gasteiger partial charge < -0.3 is 19.9 Å². The molecular weight excluding hydrogens is 276 g/mol. The summed E-state index contributed by atoms with van der Waals surface area (Å²) in [6, 6.07) is 1.27. The van der Waals surface area contributed by atoms with Crippen molar-refractivity contribution < 1.29 is 14.5 Å². The van der Waals surface area contributed by atoms with Gasteiger partial charge in [-0.2, -0.15) is 0 Å². The number of ether oxygens (including phenoxy) is 1. The van der Waals surface area contributed by atoms with Gasteiger partial charge in [-0.3, -0.25) is 14.9 Å². The monoisotopic (exact) mass is 296 g/mol. The molecule has 1 aliphatic rings. The van der Waals surface area contributed by atoms with Crippen LogP contribution in [0.3, 0.4) is 0 Å². The molecule has 1 aliphatic heterocycles. The van der Waals surface area contributed by atoms with Gasteiger partial charge >= 0.3 is 0 Å². The number of amides is 1. The lowest BCUT2D eigenvalue weighted by atomic mass is 10.3. The first kappa shape index (κ1) is 15.5. The zero-order valence-electron chi connectivity index (χ0n) is 12.2. The molecule has 0 spiro atoms. The third-order valence-electron chi connectivity index (χ3n) is 3.33. The number of rotatable bonds is 5. The number of nitro groups is 1. The molecule has 1 aromatic rings. The summed E-state index contributed by atoms with van der Waals surface area (Å²) in [5, 5.41) is 16.8. The van der Waals surface area contributed by atoms with Gasteiger partial charge in [0, 0.05) is 31.7 Å². The minimum absolute atomic E-state index is 0.0351. The normalized spacial score (nSPS) is 18.7. The topological polar surface area (TPSA) is 98.4 Å². The van der Waals surface area contributed by atoms with Crippen molar-refractivity contribution in [1.82, 2.24) is 15.2 Å². The Morgan fingerprint density at radius 1 is 1.67 bits per heavy atom. The number of aromatic nitrogens is 1. The van der Waals surface area contributed by atoms with Crippen molar-refractivity contribution in [2.75, 3.05) is 26.2 Å². The molecule has 0 saturated carbocycles. The van der Waals surface area contributed by atoms with E-state index in [2.05, 4.69) is 10.6 Å². The SMILES string of the molecule is CC(C)n1cc([N+](=O)[O-])cc1C(=O)NCC1CNCCO1. The van der Waals surface area contributed by atoms with Crippen molar-refractivity contribution >= 4 is 11.6 Å². The highest BCUT2D eigenvalue weighted by Crippen LogP contribution is 2.20. The van der Waals surface area contributed by atoms with Gasteiger partial charge in [0.05, 0.1) is 23.8 Å². The first-order valence-electron chi connectivity index (χ1n) is 6.96. The van der Waals surface area contributed by atoms with Crippen LogP contribution in [0.15, 0.2) is 12.3 Å². The van der Waals surface area contributed by atoms with Crippen LogP contribution in [0.2, 0.25) is 0 Å². The number of carbonyl (C=O) groups is 1. The third kappa shape index (κ3) is 3.79. The second kappa shape index (κ2) is 6.68. The predicted octanol–water partition coefficient (Wildman–Crippen LogP) is 0.695. The van der Waals surface area contributed by atoms with Gasteiger partial charge in [-0.1, -0.05) is 0 Å². The minimum Gasteiger partial charge on any atom is -0.374 e. The Labute approximate surface area is 122 Å². The molecule has 1 atom stereocenters. The summed E-state index contributed by atoms with van der Waals surface area (Å²) in [4.78, 5) is 22.6. The second-order valence-corrected chi connectivity index (χ2v) is 5.25. The molecule has 8 nitrogen and oxygen atoms in total. The van der Waals surface area contributed by atoms with Crippen molar-refractivity contribution in [3.8, 4) is 0 Å². The highest BCUT2D eigenvalue weighted by Gasteiger charge is 2.22. The highest BCUT2D eigenvalue weighted by molar-refractivity contribution is 5.93. The van der Waals surface area contributed by atoms with Crippen LogP contribution in [0.25, 0.3) is 0 Å². The summed E-state index contributed by atoms with van der Waals surface area (Å²) in [7, 11) is 0. The van der Waals surface area contributed by atoms with Crippen molar-refractivity contribution in [1.29, 1.82) is 0 Å². The van der Waals surface area contributed by atoms with Crippen molar-refractivity contribution in [2.24, 2.45) is 0 Å². The predicted molar refractivity (Wildman–Crippen MR) is 76.4 cm³/mol.